The molecule has 1 heterocycles. The average molecular weight is 468 g/mol. The van der Waals surface area contributed by atoms with Crippen LogP contribution in [0.3, 0.4) is 0 Å². The minimum Gasteiger partial charge on any atom is -0.492 e. The number of carbonyl (C=O) groups excluding carboxylic acids is 1. The lowest BCUT2D eigenvalue weighted by molar-refractivity contribution is -0.122. The summed E-state index contributed by atoms with van der Waals surface area (Å²) in [4.78, 5) is 15.5. The summed E-state index contributed by atoms with van der Waals surface area (Å²) in [6, 6.07) is 3.54. The lowest BCUT2D eigenvalue weighted by Crippen LogP contribution is -2.51. The highest BCUT2D eigenvalue weighted by Gasteiger charge is 2.18. The molecule has 1 aromatic carbocycles. The molecule has 1 aromatic rings. The molecule has 1 aliphatic rings. The summed E-state index contributed by atoms with van der Waals surface area (Å²) in [5, 5.41) is 9.17. The van der Waals surface area contributed by atoms with Crippen molar-refractivity contribution in [3.05, 3.63) is 29.8 Å². The van der Waals surface area contributed by atoms with Crippen LogP contribution in [-0.2, 0) is 4.79 Å². The number of halogens is 3. The van der Waals surface area contributed by atoms with E-state index in [1.165, 1.54) is 6.07 Å². The van der Waals surface area contributed by atoms with E-state index in [-0.39, 0.29) is 48.3 Å². The molecule has 3 N–H and O–H groups in total. The summed E-state index contributed by atoms with van der Waals surface area (Å²) in [6.45, 7) is 3.82. The van der Waals surface area contributed by atoms with Gasteiger partial charge in [-0.15, -0.1) is 24.0 Å². The second-order valence-electron chi connectivity index (χ2n) is 5.37. The first-order valence-corrected chi connectivity index (χ1v) is 7.98. The molecule has 1 fully saturated rings. The summed E-state index contributed by atoms with van der Waals surface area (Å²) in [5.41, 5.74) is 0. The van der Waals surface area contributed by atoms with Gasteiger partial charge in [-0.1, -0.05) is 0 Å². The van der Waals surface area contributed by atoms with Crippen molar-refractivity contribution in [2.24, 2.45) is 4.99 Å². The fraction of sp³-hybridized carbons (Fsp3) is 0.500. The van der Waals surface area contributed by atoms with Gasteiger partial charge in [-0.05, 0) is 25.5 Å². The standard InChI is InChI=1S/C16H22F2N4O2.HI/c1-2-19-16(22-11-3-6-15(23)21-10-11)20-7-8-24-12-4-5-13(17)14(18)9-12;/h4-5,9,11H,2-3,6-8,10H2,1H3,(H,21,23)(H2,19,20,22);1H. The number of hydrogen-bond acceptors (Lipinski definition) is 3. The van der Waals surface area contributed by atoms with Crippen LogP contribution in [-0.4, -0.2) is 44.1 Å². The van der Waals surface area contributed by atoms with E-state index < -0.39 is 11.6 Å². The summed E-state index contributed by atoms with van der Waals surface area (Å²) in [7, 11) is 0. The predicted molar refractivity (Wildman–Crippen MR) is 102 cm³/mol. The largest absolute Gasteiger partial charge is 0.492 e. The van der Waals surface area contributed by atoms with Crippen molar-refractivity contribution in [3.8, 4) is 5.75 Å². The highest BCUT2D eigenvalue weighted by molar-refractivity contribution is 14.0. The Bertz CT molecular complexity index is 591. The normalized spacial score (nSPS) is 17.3. The third-order valence-electron chi connectivity index (χ3n) is 3.47. The monoisotopic (exact) mass is 468 g/mol. The van der Waals surface area contributed by atoms with Crippen molar-refractivity contribution in [2.75, 3.05) is 26.2 Å². The SMILES string of the molecule is CCNC(=NCCOc1ccc(F)c(F)c1)NC1CCC(=O)NC1.I. The van der Waals surface area contributed by atoms with Crippen LogP contribution in [0.5, 0.6) is 5.75 Å². The highest BCUT2D eigenvalue weighted by Crippen LogP contribution is 2.15. The van der Waals surface area contributed by atoms with Gasteiger partial charge in [-0.3, -0.25) is 4.79 Å². The zero-order chi connectivity index (χ0) is 17.4. The number of amides is 1. The van der Waals surface area contributed by atoms with Crippen LogP contribution >= 0.6 is 24.0 Å². The average Bonchev–Trinajstić information content (AvgIpc) is 2.57. The first-order valence-electron chi connectivity index (χ1n) is 7.98. The Hall–Kier alpha value is -1.65. The van der Waals surface area contributed by atoms with Gasteiger partial charge in [0.2, 0.25) is 5.91 Å². The molecule has 0 bridgehead atoms. The highest BCUT2D eigenvalue weighted by atomic mass is 127. The molecule has 6 nitrogen and oxygen atoms in total. The van der Waals surface area contributed by atoms with Crippen molar-refractivity contribution in [1.82, 2.24) is 16.0 Å². The second-order valence-corrected chi connectivity index (χ2v) is 5.37. The van der Waals surface area contributed by atoms with Gasteiger partial charge in [0.15, 0.2) is 17.6 Å². The van der Waals surface area contributed by atoms with E-state index >= 15 is 0 Å². The fourth-order valence-electron chi connectivity index (χ4n) is 2.26. The van der Waals surface area contributed by atoms with Crippen LogP contribution in [0.4, 0.5) is 8.78 Å². The first kappa shape index (κ1) is 21.4. The van der Waals surface area contributed by atoms with Crippen LogP contribution in [0.2, 0.25) is 0 Å². The van der Waals surface area contributed by atoms with Crippen LogP contribution in [0, 0.1) is 11.6 Å². The Balaban J connectivity index is 0.00000312. The fourth-order valence-corrected chi connectivity index (χ4v) is 2.26. The maximum Gasteiger partial charge on any atom is 0.220 e. The number of guanidine groups is 1. The zero-order valence-corrected chi connectivity index (χ0v) is 16.3. The van der Waals surface area contributed by atoms with E-state index in [9.17, 15) is 13.6 Å². The van der Waals surface area contributed by atoms with Gasteiger partial charge < -0.3 is 20.7 Å². The Morgan fingerprint density at radius 1 is 1.40 bits per heavy atom. The maximum absolute atomic E-state index is 13.1. The molecule has 140 valence electrons. The first-order chi connectivity index (χ1) is 11.6. The number of benzene rings is 1. The molecular weight excluding hydrogens is 445 g/mol. The molecule has 0 radical (unpaired) electrons. The molecule has 0 aliphatic carbocycles. The van der Waals surface area contributed by atoms with Gasteiger partial charge in [0.05, 0.1) is 6.54 Å². The van der Waals surface area contributed by atoms with Crippen molar-refractivity contribution in [1.29, 1.82) is 0 Å². The minimum absolute atomic E-state index is 0. The number of carbonyl (C=O) groups is 1. The van der Waals surface area contributed by atoms with Gasteiger partial charge >= 0.3 is 0 Å². The van der Waals surface area contributed by atoms with Crippen LogP contribution < -0.4 is 20.7 Å². The van der Waals surface area contributed by atoms with Crippen LogP contribution in [0.25, 0.3) is 0 Å². The van der Waals surface area contributed by atoms with Crippen molar-refractivity contribution >= 4 is 35.8 Å². The quantitative estimate of drug-likeness (QED) is 0.258. The lowest BCUT2D eigenvalue weighted by atomic mass is 10.1. The summed E-state index contributed by atoms with van der Waals surface area (Å²) >= 11 is 0. The molecule has 1 unspecified atom stereocenters. The maximum atomic E-state index is 13.1. The zero-order valence-electron chi connectivity index (χ0n) is 14.0. The molecule has 25 heavy (non-hydrogen) atoms. The molecule has 1 atom stereocenters. The molecule has 9 heteroatoms. The van der Waals surface area contributed by atoms with Gasteiger partial charge in [0.1, 0.15) is 12.4 Å². The number of ether oxygens (including phenoxy) is 1. The Morgan fingerprint density at radius 2 is 2.20 bits per heavy atom. The predicted octanol–water partition coefficient (Wildman–Crippen LogP) is 1.80. The number of rotatable bonds is 6. The van der Waals surface area contributed by atoms with Gasteiger partial charge in [0, 0.05) is 31.6 Å². The molecule has 0 aromatic heterocycles. The van der Waals surface area contributed by atoms with E-state index in [1.807, 2.05) is 6.92 Å². The molecule has 0 spiro atoms. The van der Waals surface area contributed by atoms with Crippen LogP contribution in [0.1, 0.15) is 19.8 Å². The number of piperidine rings is 1. The second kappa shape index (κ2) is 11.1. The van der Waals surface area contributed by atoms with E-state index in [4.69, 9.17) is 4.74 Å². The smallest absolute Gasteiger partial charge is 0.220 e. The number of nitrogens with zero attached hydrogens (tertiary/aromatic N) is 1. The topological polar surface area (TPSA) is 74.8 Å². The summed E-state index contributed by atoms with van der Waals surface area (Å²) in [6.07, 6.45) is 1.25. The van der Waals surface area contributed by atoms with E-state index in [1.54, 1.807) is 0 Å². The Labute approximate surface area is 162 Å². The molecule has 1 saturated heterocycles. The lowest BCUT2D eigenvalue weighted by Gasteiger charge is -2.25. The molecule has 2 rings (SSSR count). The molecule has 0 saturated carbocycles. The van der Waals surface area contributed by atoms with Gasteiger partial charge in [-0.25, -0.2) is 13.8 Å². The van der Waals surface area contributed by atoms with Crippen molar-refractivity contribution in [3.63, 3.8) is 0 Å². The molecular formula is C16H23F2IN4O2. The third-order valence-corrected chi connectivity index (χ3v) is 3.47. The van der Waals surface area contributed by atoms with Crippen molar-refractivity contribution in [2.45, 2.75) is 25.8 Å². The minimum atomic E-state index is -0.939. The number of aliphatic imine (C=N–C) groups is 1. The summed E-state index contributed by atoms with van der Waals surface area (Å²) in [5.74, 6) is -0.886. The van der Waals surface area contributed by atoms with E-state index in [0.717, 1.165) is 18.6 Å². The molecule has 1 aliphatic heterocycles. The third kappa shape index (κ3) is 7.41. The molecule has 1 amide bonds. The van der Waals surface area contributed by atoms with E-state index in [0.29, 0.717) is 32.0 Å². The van der Waals surface area contributed by atoms with E-state index in [2.05, 4.69) is 20.9 Å². The summed E-state index contributed by atoms with van der Waals surface area (Å²) < 4.78 is 31.3. The van der Waals surface area contributed by atoms with Gasteiger partial charge in [-0.2, -0.15) is 0 Å². The van der Waals surface area contributed by atoms with Crippen molar-refractivity contribution < 1.29 is 18.3 Å². The van der Waals surface area contributed by atoms with Crippen LogP contribution in [0.15, 0.2) is 23.2 Å². The van der Waals surface area contributed by atoms with Gasteiger partial charge in [0.25, 0.3) is 0 Å². The number of nitrogens with one attached hydrogen (secondary N) is 3. The number of hydrogen-bond donors (Lipinski definition) is 3. The Kier molecular flexibility index (Phi) is 9.46. The Morgan fingerprint density at radius 3 is 2.84 bits per heavy atom.